The summed E-state index contributed by atoms with van der Waals surface area (Å²) < 4.78 is 5.56. The molecule has 25 heavy (non-hydrogen) atoms. The van der Waals surface area contributed by atoms with Crippen LogP contribution in [0.25, 0.3) is 6.08 Å². The predicted octanol–water partition coefficient (Wildman–Crippen LogP) is 4.04. The van der Waals surface area contributed by atoms with Crippen LogP contribution in [-0.4, -0.2) is 12.5 Å². The molecule has 1 amide bonds. The highest BCUT2D eigenvalue weighted by atomic mass is 16.5. The van der Waals surface area contributed by atoms with Crippen molar-refractivity contribution in [1.29, 1.82) is 5.26 Å². The second-order valence-electron chi connectivity index (χ2n) is 5.41. The fraction of sp³-hybridized carbons (Fsp3) is 0.143. The van der Waals surface area contributed by atoms with Gasteiger partial charge in [0.2, 0.25) is 0 Å². The van der Waals surface area contributed by atoms with Crippen molar-refractivity contribution in [3.05, 3.63) is 84.0 Å². The molecular weight excluding hydrogens is 312 g/mol. The van der Waals surface area contributed by atoms with E-state index < -0.39 is 5.91 Å². The van der Waals surface area contributed by atoms with Gasteiger partial charge in [0, 0.05) is 5.56 Å². The van der Waals surface area contributed by atoms with E-state index >= 15 is 0 Å². The van der Waals surface area contributed by atoms with E-state index in [1.807, 2.05) is 55.5 Å². The quantitative estimate of drug-likeness (QED) is 0.473. The molecule has 0 aliphatic heterocycles. The van der Waals surface area contributed by atoms with Crippen molar-refractivity contribution >= 4 is 12.0 Å². The number of ether oxygens (including phenoxy) is 1. The molecule has 0 aliphatic carbocycles. The molecule has 4 heteroatoms. The van der Waals surface area contributed by atoms with Crippen LogP contribution in [0.4, 0.5) is 0 Å². The number of amides is 1. The first kappa shape index (κ1) is 18.0. The van der Waals surface area contributed by atoms with Gasteiger partial charge in [0.1, 0.15) is 24.0 Å². The summed E-state index contributed by atoms with van der Waals surface area (Å²) in [7, 11) is 0. The minimum absolute atomic E-state index is 0.0254. The van der Waals surface area contributed by atoms with E-state index in [2.05, 4.69) is 11.9 Å². The largest absolute Gasteiger partial charge is 0.489 e. The molecule has 0 heterocycles. The Hall–Kier alpha value is -3.32. The monoisotopic (exact) mass is 332 g/mol. The average molecular weight is 332 g/mol. The molecule has 0 saturated carbocycles. The lowest BCUT2D eigenvalue weighted by Crippen LogP contribution is -2.27. The number of nitrogens with one attached hydrogen (secondary N) is 1. The molecule has 0 unspecified atom stereocenters. The van der Waals surface area contributed by atoms with Crippen LogP contribution in [0.1, 0.15) is 24.1 Å². The summed E-state index contributed by atoms with van der Waals surface area (Å²) in [5, 5.41) is 12.2. The molecule has 2 rings (SSSR count). The summed E-state index contributed by atoms with van der Waals surface area (Å²) in [6.45, 7) is 5.84. The van der Waals surface area contributed by atoms with Crippen molar-refractivity contribution in [2.24, 2.45) is 0 Å². The molecule has 0 fully saturated rings. The van der Waals surface area contributed by atoms with E-state index in [1.165, 1.54) is 6.08 Å². The second-order valence-corrected chi connectivity index (χ2v) is 5.41. The summed E-state index contributed by atoms with van der Waals surface area (Å²) in [5.74, 6) is 0.177. The maximum Gasteiger partial charge on any atom is 0.262 e. The first-order valence-electron chi connectivity index (χ1n) is 7.96. The van der Waals surface area contributed by atoms with Gasteiger partial charge in [-0.2, -0.15) is 5.26 Å². The third kappa shape index (κ3) is 5.08. The molecule has 2 aromatic carbocycles. The molecular formula is C21H20N2O2. The van der Waals surface area contributed by atoms with Crippen molar-refractivity contribution in [3.63, 3.8) is 0 Å². The molecule has 4 nitrogen and oxygen atoms in total. The first-order chi connectivity index (χ1) is 12.2. The summed E-state index contributed by atoms with van der Waals surface area (Å²) >= 11 is 0. The van der Waals surface area contributed by atoms with Crippen molar-refractivity contribution in [3.8, 4) is 11.8 Å². The van der Waals surface area contributed by atoms with Gasteiger partial charge in [-0.25, -0.2) is 0 Å². The highest BCUT2D eigenvalue weighted by Crippen LogP contribution is 2.21. The standard InChI is InChI=1S/C21H20N2O2/c1-3-13-25-20-12-8-7-11-18(20)14-19(15-22)21(24)23-16(2)17-9-5-4-6-10-17/h3-12,14,16H,1,13H2,2H3,(H,23,24)/b19-14+/t16-/m0/s1. The minimum Gasteiger partial charge on any atom is -0.489 e. The Bertz CT molecular complexity index is 804. The lowest BCUT2D eigenvalue weighted by Gasteiger charge is -2.14. The summed E-state index contributed by atoms with van der Waals surface area (Å²) in [6, 6.07) is 18.6. The lowest BCUT2D eigenvalue weighted by atomic mass is 10.1. The molecule has 0 spiro atoms. The fourth-order valence-corrected chi connectivity index (χ4v) is 2.28. The molecule has 126 valence electrons. The maximum absolute atomic E-state index is 12.4. The van der Waals surface area contributed by atoms with Gasteiger partial charge in [0.05, 0.1) is 6.04 Å². The molecule has 1 atom stereocenters. The number of benzene rings is 2. The van der Waals surface area contributed by atoms with Gasteiger partial charge in [-0.3, -0.25) is 4.79 Å². The van der Waals surface area contributed by atoms with Gasteiger partial charge in [-0.05, 0) is 24.6 Å². The number of nitrogens with zero attached hydrogens (tertiary/aromatic N) is 1. The van der Waals surface area contributed by atoms with Crippen LogP contribution in [0, 0.1) is 11.3 Å². The maximum atomic E-state index is 12.4. The molecule has 2 aromatic rings. The molecule has 0 radical (unpaired) electrons. The van der Waals surface area contributed by atoms with Crippen molar-refractivity contribution < 1.29 is 9.53 Å². The van der Waals surface area contributed by atoms with Gasteiger partial charge in [-0.1, -0.05) is 61.2 Å². The topological polar surface area (TPSA) is 62.1 Å². The number of carbonyl (C=O) groups excluding carboxylic acids is 1. The summed E-state index contributed by atoms with van der Waals surface area (Å²) in [5.41, 5.74) is 1.67. The van der Waals surface area contributed by atoms with Gasteiger partial charge in [0.25, 0.3) is 5.91 Å². The Labute approximate surface area is 148 Å². The third-order valence-corrected chi connectivity index (χ3v) is 3.59. The molecule has 0 bridgehead atoms. The van der Waals surface area contributed by atoms with Crippen molar-refractivity contribution in [1.82, 2.24) is 5.32 Å². The number of rotatable bonds is 7. The highest BCUT2D eigenvalue weighted by molar-refractivity contribution is 6.02. The Morgan fingerprint density at radius 1 is 1.24 bits per heavy atom. The number of hydrogen-bond donors (Lipinski definition) is 1. The fourth-order valence-electron chi connectivity index (χ4n) is 2.28. The van der Waals surface area contributed by atoms with Crippen molar-refractivity contribution in [2.75, 3.05) is 6.61 Å². The predicted molar refractivity (Wildman–Crippen MR) is 98.7 cm³/mol. The SMILES string of the molecule is C=CCOc1ccccc1/C=C(\C#N)C(=O)N[C@@H](C)c1ccccc1. The van der Waals surface area contributed by atoms with Crippen LogP contribution in [-0.2, 0) is 4.79 Å². The van der Waals surface area contributed by atoms with E-state index in [4.69, 9.17) is 4.74 Å². The van der Waals surface area contributed by atoms with Crippen LogP contribution in [0.3, 0.4) is 0 Å². The summed E-state index contributed by atoms with van der Waals surface area (Å²) in [6.07, 6.45) is 3.17. The van der Waals surface area contributed by atoms with E-state index in [9.17, 15) is 10.1 Å². The Balaban J connectivity index is 2.19. The highest BCUT2D eigenvalue weighted by Gasteiger charge is 2.14. The number of hydrogen-bond acceptors (Lipinski definition) is 3. The zero-order chi connectivity index (χ0) is 18.1. The smallest absolute Gasteiger partial charge is 0.262 e. The van der Waals surface area contributed by atoms with Gasteiger partial charge in [0.15, 0.2) is 0 Å². The minimum atomic E-state index is -0.419. The normalized spacial score (nSPS) is 11.9. The molecule has 0 saturated heterocycles. The Kier molecular flexibility index (Phi) is 6.56. The van der Waals surface area contributed by atoms with Gasteiger partial charge < -0.3 is 10.1 Å². The van der Waals surface area contributed by atoms with E-state index in [1.54, 1.807) is 18.2 Å². The zero-order valence-corrected chi connectivity index (χ0v) is 14.1. The van der Waals surface area contributed by atoms with Crippen molar-refractivity contribution in [2.45, 2.75) is 13.0 Å². The number of carbonyl (C=O) groups is 1. The van der Waals surface area contributed by atoms with Crippen LogP contribution in [0.2, 0.25) is 0 Å². The second kappa shape index (κ2) is 9.09. The Morgan fingerprint density at radius 3 is 2.60 bits per heavy atom. The summed E-state index contributed by atoms with van der Waals surface area (Å²) in [4.78, 5) is 12.4. The molecule has 0 aromatic heterocycles. The van der Waals surface area contributed by atoms with E-state index in [0.717, 1.165) is 5.56 Å². The van der Waals surface area contributed by atoms with E-state index in [-0.39, 0.29) is 11.6 Å². The van der Waals surface area contributed by atoms with Crippen LogP contribution >= 0.6 is 0 Å². The van der Waals surface area contributed by atoms with Gasteiger partial charge >= 0.3 is 0 Å². The average Bonchev–Trinajstić information content (AvgIpc) is 2.65. The van der Waals surface area contributed by atoms with E-state index in [0.29, 0.717) is 17.9 Å². The first-order valence-corrected chi connectivity index (χ1v) is 7.96. The van der Waals surface area contributed by atoms with Gasteiger partial charge in [-0.15, -0.1) is 0 Å². The van der Waals surface area contributed by atoms with Crippen LogP contribution in [0.5, 0.6) is 5.75 Å². The number of para-hydroxylation sites is 1. The lowest BCUT2D eigenvalue weighted by molar-refractivity contribution is -0.117. The molecule has 1 N–H and O–H groups in total. The van der Waals surface area contributed by atoms with Crippen LogP contribution in [0.15, 0.2) is 72.8 Å². The zero-order valence-electron chi connectivity index (χ0n) is 14.1. The third-order valence-electron chi connectivity index (χ3n) is 3.59. The molecule has 0 aliphatic rings. The van der Waals surface area contributed by atoms with Crippen LogP contribution < -0.4 is 10.1 Å². The number of nitriles is 1. The Morgan fingerprint density at radius 2 is 1.92 bits per heavy atom.